The first-order valence-electron chi connectivity index (χ1n) is 4.28. The van der Waals surface area contributed by atoms with Gasteiger partial charge in [-0.2, -0.15) is 15.2 Å². The summed E-state index contributed by atoms with van der Waals surface area (Å²) in [6.45, 7) is -0.229. The van der Waals surface area contributed by atoms with Crippen LogP contribution < -0.4 is 5.73 Å². The van der Waals surface area contributed by atoms with Gasteiger partial charge < -0.3 is 15.4 Å². The van der Waals surface area contributed by atoms with E-state index in [1.165, 1.54) is 12.4 Å². The minimum atomic E-state index is -0.628. The molecule has 2 rings (SSSR count). The molecule has 15 heavy (non-hydrogen) atoms. The Morgan fingerprint density at radius 1 is 1.47 bits per heavy atom. The Balaban J connectivity index is 2.28. The third-order valence-electron chi connectivity index (χ3n) is 1.80. The van der Waals surface area contributed by atoms with E-state index in [4.69, 9.17) is 15.4 Å². The first-order chi connectivity index (χ1) is 7.31. The molecule has 1 unspecified atom stereocenters. The van der Waals surface area contributed by atoms with E-state index in [9.17, 15) is 0 Å². The number of hydrogen-bond acceptors (Lipinski definition) is 7. The average molecular weight is 207 g/mol. The third-order valence-corrected chi connectivity index (χ3v) is 1.80. The molecule has 0 aromatic carbocycles. The van der Waals surface area contributed by atoms with E-state index >= 15 is 0 Å². The van der Waals surface area contributed by atoms with Gasteiger partial charge in [-0.1, -0.05) is 5.16 Å². The molecule has 78 valence electrons. The maximum Gasteiger partial charge on any atom is 0.259 e. The number of aromatic nitrogens is 4. The van der Waals surface area contributed by atoms with Gasteiger partial charge in [0.25, 0.3) is 5.89 Å². The topological polar surface area (TPSA) is 111 Å². The zero-order chi connectivity index (χ0) is 10.7. The zero-order valence-corrected chi connectivity index (χ0v) is 7.74. The molecular weight excluding hydrogens is 198 g/mol. The van der Waals surface area contributed by atoms with Crippen molar-refractivity contribution in [1.82, 2.24) is 20.3 Å². The maximum atomic E-state index is 8.80. The van der Waals surface area contributed by atoms with Crippen LogP contribution in [0, 0.1) is 0 Å². The van der Waals surface area contributed by atoms with E-state index in [0.717, 1.165) is 0 Å². The van der Waals surface area contributed by atoms with Crippen molar-refractivity contribution in [3.05, 3.63) is 24.3 Å². The van der Waals surface area contributed by atoms with Gasteiger partial charge in [-0.05, 0) is 6.07 Å². The normalized spacial score (nSPS) is 12.7. The highest BCUT2D eigenvalue weighted by Gasteiger charge is 2.14. The van der Waals surface area contributed by atoms with Crippen LogP contribution in [-0.2, 0) is 0 Å². The fourth-order valence-corrected chi connectivity index (χ4v) is 1.00. The van der Waals surface area contributed by atoms with Gasteiger partial charge in [0, 0.05) is 0 Å². The SMILES string of the molecule is NC(CO)c1noc(-c2ccnnc2)n1. The van der Waals surface area contributed by atoms with Gasteiger partial charge in [0.05, 0.1) is 30.6 Å². The molecule has 2 aromatic heterocycles. The summed E-state index contributed by atoms with van der Waals surface area (Å²) in [6.07, 6.45) is 3.02. The fraction of sp³-hybridized carbons (Fsp3) is 0.250. The summed E-state index contributed by atoms with van der Waals surface area (Å²) in [5.41, 5.74) is 6.18. The lowest BCUT2D eigenvalue weighted by Crippen LogP contribution is -2.15. The number of aliphatic hydroxyl groups is 1. The number of rotatable bonds is 3. The van der Waals surface area contributed by atoms with Gasteiger partial charge >= 0.3 is 0 Å². The summed E-state index contributed by atoms with van der Waals surface area (Å²) in [7, 11) is 0. The molecule has 0 aliphatic heterocycles. The second-order valence-corrected chi connectivity index (χ2v) is 2.88. The first kappa shape index (κ1) is 9.69. The minimum Gasteiger partial charge on any atom is -0.394 e. The van der Waals surface area contributed by atoms with Gasteiger partial charge in [-0.3, -0.25) is 0 Å². The van der Waals surface area contributed by atoms with Crippen molar-refractivity contribution in [2.24, 2.45) is 5.73 Å². The van der Waals surface area contributed by atoms with E-state index in [0.29, 0.717) is 11.5 Å². The number of nitrogens with zero attached hydrogens (tertiary/aromatic N) is 4. The molecule has 7 nitrogen and oxygen atoms in total. The summed E-state index contributed by atoms with van der Waals surface area (Å²) < 4.78 is 4.95. The predicted molar refractivity (Wildman–Crippen MR) is 49.3 cm³/mol. The number of aliphatic hydroxyl groups excluding tert-OH is 1. The van der Waals surface area contributed by atoms with Crippen LogP contribution in [0.1, 0.15) is 11.9 Å². The van der Waals surface area contributed by atoms with Crippen molar-refractivity contribution in [2.45, 2.75) is 6.04 Å². The molecule has 0 spiro atoms. The second-order valence-electron chi connectivity index (χ2n) is 2.88. The van der Waals surface area contributed by atoms with E-state index in [-0.39, 0.29) is 12.4 Å². The molecule has 0 saturated heterocycles. The predicted octanol–water partition coefficient (Wildman–Crippen LogP) is -0.481. The molecule has 0 bridgehead atoms. The average Bonchev–Trinajstić information content (AvgIpc) is 2.78. The highest BCUT2D eigenvalue weighted by molar-refractivity contribution is 5.49. The lowest BCUT2D eigenvalue weighted by atomic mass is 10.3. The van der Waals surface area contributed by atoms with Crippen LogP contribution in [0.5, 0.6) is 0 Å². The molecule has 0 aliphatic carbocycles. The number of nitrogens with two attached hydrogens (primary N) is 1. The van der Waals surface area contributed by atoms with Gasteiger partial charge in [0.1, 0.15) is 0 Å². The molecule has 0 amide bonds. The maximum absolute atomic E-state index is 8.80. The van der Waals surface area contributed by atoms with Crippen molar-refractivity contribution < 1.29 is 9.63 Å². The van der Waals surface area contributed by atoms with Crippen LogP contribution in [0.4, 0.5) is 0 Å². The summed E-state index contributed by atoms with van der Waals surface area (Å²) in [6, 6.07) is 1.06. The Hall–Kier alpha value is -1.86. The van der Waals surface area contributed by atoms with Crippen molar-refractivity contribution in [1.29, 1.82) is 0 Å². The Labute approximate surface area is 84.9 Å². The summed E-state index contributed by atoms with van der Waals surface area (Å²) >= 11 is 0. The van der Waals surface area contributed by atoms with Crippen LogP contribution in [0.25, 0.3) is 11.5 Å². The quantitative estimate of drug-likeness (QED) is 0.699. The number of hydrogen-bond donors (Lipinski definition) is 2. The molecule has 0 aliphatic rings. The monoisotopic (exact) mass is 207 g/mol. The molecule has 0 saturated carbocycles. The van der Waals surface area contributed by atoms with E-state index < -0.39 is 6.04 Å². The van der Waals surface area contributed by atoms with Gasteiger partial charge in [0.2, 0.25) is 0 Å². The standard InChI is InChI=1S/C8H9N5O2/c9-6(4-14)7-12-8(15-13-7)5-1-2-10-11-3-5/h1-3,6,14H,4,9H2. The first-order valence-corrected chi connectivity index (χ1v) is 4.28. The second kappa shape index (κ2) is 4.11. The Morgan fingerprint density at radius 3 is 3.00 bits per heavy atom. The lowest BCUT2D eigenvalue weighted by molar-refractivity contribution is 0.260. The van der Waals surface area contributed by atoms with Crippen LogP contribution in [-0.4, -0.2) is 32.1 Å². The summed E-state index contributed by atoms with van der Waals surface area (Å²) in [5.74, 6) is 0.577. The Morgan fingerprint density at radius 2 is 2.33 bits per heavy atom. The highest BCUT2D eigenvalue weighted by atomic mass is 16.5. The zero-order valence-electron chi connectivity index (χ0n) is 7.74. The summed E-state index contributed by atoms with van der Waals surface area (Å²) in [4.78, 5) is 4.02. The lowest BCUT2D eigenvalue weighted by Gasteiger charge is -1.98. The van der Waals surface area contributed by atoms with Crippen molar-refractivity contribution in [2.75, 3.05) is 6.61 Å². The summed E-state index contributed by atoms with van der Waals surface area (Å²) in [5, 5.41) is 19.7. The van der Waals surface area contributed by atoms with Crippen molar-refractivity contribution in [3.8, 4) is 11.5 Å². The van der Waals surface area contributed by atoms with E-state index in [2.05, 4.69) is 20.3 Å². The van der Waals surface area contributed by atoms with Crippen LogP contribution >= 0.6 is 0 Å². The molecule has 2 aromatic rings. The van der Waals surface area contributed by atoms with Crippen LogP contribution in [0.15, 0.2) is 23.0 Å². The molecule has 2 heterocycles. The Kier molecular flexibility index (Phi) is 2.66. The molecule has 1 atom stereocenters. The van der Waals surface area contributed by atoms with Crippen molar-refractivity contribution in [3.63, 3.8) is 0 Å². The van der Waals surface area contributed by atoms with Crippen LogP contribution in [0.3, 0.4) is 0 Å². The van der Waals surface area contributed by atoms with Crippen LogP contribution in [0.2, 0.25) is 0 Å². The molecule has 0 radical (unpaired) electrons. The van der Waals surface area contributed by atoms with E-state index in [1.807, 2.05) is 0 Å². The molecule has 0 fully saturated rings. The minimum absolute atomic E-state index is 0.229. The smallest absolute Gasteiger partial charge is 0.259 e. The molecule has 3 N–H and O–H groups in total. The fourth-order valence-electron chi connectivity index (χ4n) is 1.00. The van der Waals surface area contributed by atoms with E-state index in [1.54, 1.807) is 6.07 Å². The molecule has 7 heteroatoms. The van der Waals surface area contributed by atoms with Gasteiger partial charge in [-0.25, -0.2) is 0 Å². The largest absolute Gasteiger partial charge is 0.394 e. The van der Waals surface area contributed by atoms with Gasteiger partial charge in [0.15, 0.2) is 5.82 Å². The van der Waals surface area contributed by atoms with Crippen molar-refractivity contribution >= 4 is 0 Å². The van der Waals surface area contributed by atoms with Gasteiger partial charge in [-0.15, -0.1) is 0 Å². The molecular formula is C8H9N5O2. The highest BCUT2D eigenvalue weighted by Crippen LogP contribution is 2.16. The third kappa shape index (κ3) is 1.97. The Bertz CT molecular complexity index is 430.